The number of nitrogens with one attached hydrogen (secondary N) is 1. The third kappa shape index (κ3) is 3.48. The van der Waals surface area contributed by atoms with Crippen molar-refractivity contribution in [3.8, 4) is 6.07 Å². The molecule has 0 unspecified atom stereocenters. The fourth-order valence-electron chi connectivity index (χ4n) is 1.32. The van der Waals surface area contributed by atoms with Gasteiger partial charge in [0.05, 0.1) is 11.3 Å². The molecule has 1 aromatic rings. The van der Waals surface area contributed by atoms with Crippen LogP contribution in [0.2, 0.25) is 0 Å². The number of carbonyl (C=O) groups is 1. The zero-order chi connectivity index (χ0) is 14.6. The van der Waals surface area contributed by atoms with Gasteiger partial charge >= 0.3 is 6.18 Å². The van der Waals surface area contributed by atoms with Gasteiger partial charge in [-0.3, -0.25) is 4.79 Å². The van der Waals surface area contributed by atoms with Gasteiger partial charge in [0.25, 0.3) is 5.91 Å². The third-order valence-electron chi connectivity index (χ3n) is 2.18. The molecule has 0 aliphatic carbocycles. The lowest BCUT2D eigenvalue weighted by atomic mass is 10.1. The Bertz CT molecular complexity index is 567. The van der Waals surface area contributed by atoms with Gasteiger partial charge in [-0.15, -0.1) is 0 Å². The van der Waals surface area contributed by atoms with Crippen molar-refractivity contribution < 1.29 is 23.1 Å². The highest BCUT2D eigenvalue weighted by molar-refractivity contribution is 6.07. The Hall–Kier alpha value is -2.49. The molecule has 100 valence electrons. The van der Waals surface area contributed by atoms with Gasteiger partial charge in [0.15, 0.2) is 5.57 Å². The maximum atomic E-state index is 12.7. The summed E-state index contributed by atoms with van der Waals surface area (Å²) in [4.78, 5) is 11.5. The number of anilines is 1. The average molecular weight is 270 g/mol. The smallest absolute Gasteiger partial charge is 0.418 e. The molecule has 1 amide bonds. The highest BCUT2D eigenvalue weighted by atomic mass is 19.4. The van der Waals surface area contributed by atoms with Crippen LogP contribution in [0.15, 0.2) is 35.6 Å². The molecule has 0 saturated heterocycles. The van der Waals surface area contributed by atoms with Gasteiger partial charge in [-0.2, -0.15) is 18.4 Å². The Morgan fingerprint density at radius 3 is 2.42 bits per heavy atom. The van der Waals surface area contributed by atoms with Crippen molar-refractivity contribution in [2.75, 3.05) is 5.32 Å². The first-order valence-corrected chi connectivity index (χ1v) is 5.05. The number of amides is 1. The number of alkyl halides is 3. The Balaban J connectivity index is 3.13. The predicted molar refractivity (Wildman–Crippen MR) is 61.0 cm³/mol. The topological polar surface area (TPSA) is 73.1 Å². The molecule has 0 bridgehead atoms. The lowest BCUT2D eigenvalue weighted by Gasteiger charge is -2.13. The number of aliphatic hydroxyl groups is 1. The van der Waals surface area contributed by atoms with E-state index in [0.29, 0.717) is 0 Å². The number of allylic oxidation sites excluding steroid dienone is 1. The van der Waals surface area contributed by atoms with Crippen LogP contribution >= 0.6 is 0 Å². The molecule has 0 saturated carbocycles. The Morgan fingerprint density at radius 1 is 1.37 bits per heavy atom. The highest BCUT2D eigenvalue weighted by Crippen LogP contribution is 2.34. The summed E-state index contributed by atoms with van der Waals surface area (Å²) < 4.78 is 38.0. The van der Waals surface area contributed by atoms with Gasteiger partial charge in [0.2, 0.25) is 0 Å². The molecule has 0 aromatic heterocycles. The number of rotatable bonds is 2. The van der Waals surface area contributed by atoms with E-state index in [4.69, 9.17) is 10.4 Å². The van der Waals surface area contributed by atoms with E-state index in [0.717, 1.165) is 19.1 Å². The number of nitrogens with zero attached hydrogens (tertiary/aromatic N) is 1. The van der Waals surface area contributed by atoms with Gasteiger partial charge in [-0.1, -0.05) is 12.1 Å². The summed E-state index contributed by atoms with van der Waals surface area (Å²) in [5.41, 5.74) is -2.15. The van der Waals surface area contributed by atoms with Crippen LogP contribution in [-0.2, 0) is 11.0 Å². The first-order chi connectivity index (χ1) is 8.77. The molecule has 1 rings (SSSR count). The average Bonchev–Trinajstić information content (AvgIpc) is 2.28. The Morgan fingerprint density at radius 2 is 1.95 bits per heavy atom. The van der Waals surface area contributed by atoms with Gasteiger partial charge in [0, 0.05) is 0 Å². The quantitative estimate of drug-likeness (QED) is 0.493. The van der Waals surface area contributed by atoms with E-state index in [1.54, 1.807) is 0 Å². The molecule has 2 N–H and O–H groups in total. The fraction of sp³-hybridized carbons (Fsp3) is 0.167. The van der Waals surface area contributed by atoms with Crippen LogP contribution in [0.1, 0.15) is 12.5 Å². The molecular weight excluding hydrogens is 261 g/mol. The third-order valence-corrected chi connectivity index (χ3v) is 2.18. The van der Waals surface area contributed by atoms with Crippen molar-refractivity contribution in [3.05, 3.63) is 41.2 Å². The molecule has 0 aliphatic heterocycles. The molecule has 1 aromatic carbocycles. The van der Waals surface area contributed by atoms with Crippen LogP contribution in [0.5, 0.6) is 0 Å². The van der Waals surface area contributed by atoms with Crippen molar-refractivity contribution in [3.63, 3.8) is 0 Å². The highest BCUT2D eigenvalue weighted by Gasteiger charge is 2.33. The van der Waals surface area contributed by atoms with Gasteiger partial charge in [-0.05, 0) is 19.1 Å². The summed E-state index contributed by atoms with van der Waals surface area (Å²) >= 11 is 0. The van der Waals surface area contributed by atoms with E-state index in [-0.39, 0.29) is 0 Å². The van der Waals surface area contributed by atoms with Crippen molar-refractivity contribution in [1.29, 1.82) is 5.26 Å². The summed E-state index contributed by atoms with van der Waals surface area (Å²) in [5.74, 6) is -1.66. The van der Waals surface area contributed by atoms with Gasteiger partial charge < -0.3 is 10.4 Å². The Kier molecular flexibility index (Phi) is 4.17. The van der Waals surface area contributed by atoms with E-state index in [9.17, 15) is 18.0 Å². The molecule has 0 heterocycles. The molecule has 19 heavy (non-hydrogen) atoms. The molecule has 0 aliphatic rings. The summed E-state index contributed by atoms with van der Waals surface area (Å²) in [7, 11) is 0. The monoisotopic (exact) mass is 270 g/mol. The molecule has 0 radical (unpaired) electrons. The van der Waals surface area contributed by atoms with Crippen LogP contribution < -0.4 is 5.32 Å². The SMILES string of the molecule is C/C(O)=C(/C#N)C(=O)Nc1ccccc1C(F)(F)F. The molecular formula is C12H9F3N2O2. The van der Waals surface area contributed by atoms with Crippen LogP contribution in [0.4, 0.5) is 18.9 Å². The Labute approximate surface area is 106 Å². The lowest BCUT2D eigenvalue weighted by molar-refractivity contribution is -0.136. The molecule has 4 nitrogen and oxygen atoms in total. The zero-order valence-corrected chi connectivity index (χ0v) is 9.75. The largest absolute Gasteiger partial charge is 0.511 e. The molecule has 0 fully saturated rings. The number of aliphatic hydroxyl groups excluding tert-OH is 1. The summed E-state index contributed by atoms with van der Waals surface area (Å²) in [6, 6.07) is 5.77. The minimum Gasteiger partial charge on any atom is -0.511 e. The van der Waals surface area contributed by atoms with E-state index in [1.807, 2.05) is 5.32 Å². The van der Waals surface area contributed by atoms with Crippen LogP contribution in [0.3, 0.4) is 0 Å². The second kappa shape index (κ2) is 5.44. The number of nitriles is 1. The van der Waals surface area contributed by atoms with E-state index < -0.39 is 34.7 Å². The number of halogens is 3. The number of carbonyl (C=O) groups excluding carboxylic acids is 1. The van der Waals surface area contributed by atoms with Crippen molar-refractivity contribution >= 4 is 11.6 Å². The minimum absolute atomic E-state index is 0.478. The van der Waals surface area contributed by atoms with Gasteiger partial charge in [0.1, 0.15) is 11.8 Å². The second-order valence-corrected chi connectivity index (χ2v) is 3.57. The van der Waals surface area contributed by atoms with E-state index >= 15 is 0 Å². The standard InChI is InChI=1S/C12H9F3N2O2/c1-7(18)8(6-16)11(19)17-10-5-3-2-4-9(10)12(13,14)15/h2-5,18H,1H3,(H,17,19)/b8-7+. The molecule has 0 spiro atoms. The van der Waals surface area contributed by atoms with E-state index in [1.165, 1.54) is 18.2 Å². The van der Waals surface area contributed by atoms with Crippen LogP contribution in [0, 0.1) is 11.3 Å². The number of hydrogen-bond donors (Lipinski definition) is 2. The first kappa shape index (κ1) is 14.6. The fourth-order valence-corrected chi connectivity index (χ4v) is 1.32. The molecule has 7 heteroatoms. The number of benzene rings is 1. The maximum absolute atomic E-state index is 12.7. The number of hydrogen-bond acceptors (Lipinski definition) is 3. The lowest BCUT2D eigenvalue weighted by Crippen LogP contribution is -2.18. The normalized spacial score (nSPS) is 12.4. The first-order valence-electron chi connectivity index (χ1n) is 5.05. The summed E-state index contributed by atoms with van der Waals surface area (Å²) in [6.45, 7) is 1.09. The second-order valence-electron chi connectivity index (χ2n) is 3.57. The van der Waals surface area contributed by atoms with Crippen molar-refractivity contribution in [1.82, 2.24) is 0 Å². The van der Waals surface area contributed by atoms with Crippen molar-refractivity contribution in [2.24, 2.45) is 0 Å². The summed E-state index contributed by atoms with van der Waals surface area (Å²) in [6.07, 6.45) is -4.63. The summed E-state index contributed by atoms with van der Waals surface area (Å²) in [5, 5.41) is 19.6. The van der Waals surface area contributed by atoms with Gasteiger partial charge in [-0.25, -0.2) is 0 Å². The number of para-hydroxylation sites is 1. The molecule has 0 atom stereocenters. The zero-order valence-electron chi connectivity index (χ0n) is 9.75. The minimum atomic E-state index is -4.63. The predicted octanol–water partition coefficient (Wildman–Crippen LogP) is 3.00. The van der Waals surface area contributed by atoms with Crippen LogP contribution in [-0.4, -0.2) is 11.0 Å². The maximum Gasteiger partial charge on any atom is 0.418 e. The van der Waals surface area contributed by atoms with E-state index in [2.05, 4.69) is 0 Å². The van der Waals surface area contributed by atoms with Crippen molar-refractivity contribution in [2.45, 2.75) is 13.1 Å². The van der Waals surface area contributed by atoms with Crippen LogP contribution in [0.25, 0.3) is 0 Å².